The molecule has 5 nitrogen and oxygen atoms in total. The minimum Gasteiger partial charge on any atom is -0.354 e. The van der Waals surface area contributed by atoms with Crippen molar-refractivity contribution >= 4 is 34.9 Å². The van der Waals surface area contributed by atoms with E-state index in [-0.39, 0.29) is 23.3 Å². The van der Waals surface area contributed by atoms with Crippen molar-refractivity contribution in [1.82, 2.24) is 19.5 Å². The van der Waals surface area contributed by atoms with Gasteiger partial charge in [-0.05, 0) is 35.6 Å². The van der Waals surface area contributed by atoms with E-state index in [4.69, 9.17) is 11.6 Å². The molecule has 0 aliphatic heterocycles. The molecule has 1 N–H and O–H groups in total. The highest BCUT2D eigenvalue weighted by molar-refractivity contribution is 6.31. The summed E-state index contributed by atoms with van der Waals surface area (Å²) in [5.41, 5.74) is 4.93. The first-order valence-electron chi connectivity index (χ1n) is 9.47. The molecule has 1 aromatic carbocycles. The average Bonchev–Trinajstić information content (AvgIpc) is 3.07. The lowest BCUT2D eigenvalue weighted by Gasteiger charge is -2.22. The van der Waals surface area contributed by atoms with Crippen LogP contribution in [0.4, 0.5) is 0 Å². The zero-order chi connectivity index (χ0) is 20.9. The molecule has 3 heterocycles. The second-order valence-corrected chi connectivity index (χ2v) is 8.80. The summed E-state index contributed by atoms with van der Waals surface area (Å²) in [4.78, 5) is 25.3. The Hall–Kier alpha value is -2.63. The predicted octanol–water partition coefficient (Wildman–Crippen LogP) is 5.67. The summed E-state index contributed by atoms with van der Waals surface area (Å²) >= 11 is 6.59. The molecule has 7 heteroatoms. The van der Waals surface area contributed by atoms with E-state index < -0.39 is 0 Å². The lowest BCUT2D eigenvalue weighted by Crippen LogP contribution is -2.12. The number of nitrogens with one attached hydrogen (secondary N) is 1. The van der Waals surface area contributed by atoms with Gasteiger partial charge in [-0.15, -0.1) is 12.4 Å². The summed E-state index contributed by atoms with van der Waals surface area (Å²) in [6, 6.07) is 7.47. The van der Waals surface area contributed by atoms with Gasteiger partial charge >= 0.3 is 0 Å². The molecule has 4 rings (SSSR count). The Balaban J connectivity index is 0.00000256. The van der Waals surface area contributed by atoms with Crippen molar-refractivity contribution in [3.8, 4) is 22.8 Å². The molecule has 0 spiro atoms. The molecule has 156 valence electrons. The number of benzene rings is 1. The minimum absolute atomic E-state index is 0. The first-order chi connectivity index (χ1) is 13.7. The summed E-state index contributed by atoms with van der Waals surface area (Å²) < 4.78 is 1.85. The lowest BCUT2D eigenvalue weighted by atomic mass is 9.85. The number of aromatic nitrogens is 4. The van der Waals surface area contributed by atoms with Gasteiger partial charge < -0.3 is 9.55 Å². The number of hydrogen-bond acceptors (Lipinski definition) is 3. The van der Waals surface area contributed by atoms with Crippen LogP contribution < -0.4 is 5.43 Å². The molecular formula is C23H24Cl2N4O. The van der Waals surface area contributed by atoms with E-state index >= 15 is 0 Å². The van der Waals surface area contributed by atoms with Crippen LogP contribution in [0.5, 0.6) is 0 Å². The number of imidazole rings is 1. The van der Waals surface area contributed by atoms with E-state index in [0.717, 1.165) is 27.9 Å². The summed E-state index contributed by atoms with van der Waals surface area (Å²) in [6.45, 7) is 8.45. The van der Waals surface area contributed by atoms with E-state index in [0.29, 0.717) is 21.9 Å². The molecule has 0 unspecified atom stereocenters. The third-order valence-electron chi connectivity index (χ3n) is 5.19. The molecule has 0 bridgehead atoms. The van der Waals surface area contributed by atoms with E-state index in [1.807, 2.05) is 36.9 Å². The Morgan fingerprint density at radius 1 is 1.10 bits per heavy atom. The summed E-state index contributed by atoms with van der Waals surface area (Å²) in [6.07, 6.45) is 5.22. The number of rotatable bonds is 2. The van der Waals surface area contributed by atoms with Gasteiger partial charge in [0.25, 0.3) is 0 Å². The number of nitrogens with zero attached hydrogens (tertiary/aromatic N) is 3. The van der Waals surface area contributed by atoms with Gasteiger partial charge in [-0.25, -0.2) is 4.98 Å². The van der Waals surface area contributed by atoms with Crippen LogP contribution in [0.3, 0.4) is 0 Å². The number of halogens is 2. The van der Waals surface area contributed by atoms with Crippen molar-refractivity contribution in [3.63, 3.8) is 0 Å². The van der Waals surface area contributed by atoms with Gasteiger partial charge in [-0.3, -0.25) is 9.78 Å². The monoisotopic (exact) mass is 442 g/mol. The van der Waals surface area contributed by atoms with Crippen molar-refractivity contribution in [2.75, 3.05) is 0 Å². The van der Waals surface area contributed by atoms with Crippen LogP contribution in [0.1, 0.15) is 31.9 Å². The van der Waals surface area contributed by atoms with Gasteiger partial charge in [0.05, 0.1) is 16.6 Å². The van der Waals surface area contributed by atoms with Crippen molar-refractivity contribution in [3.05, 3.63) is 69.2 Å². The Morgan fingerprint density at radius 3 is 2.47 bits per heavy atom. The average molecular weight is 443 g/mol. The predicted molar refractivity (Wildman–Crippen MR) is 126 cm³/mol. The lowest BCUT2D eigenvalue weighted by molar-refractivity contribution is 0.590. The smallest absolute Gasteiger partial charge is 0.192 e. The number of fused-ring (bicyclic) bond motifs is 1. The maximum absolute atomic E-state index is 13.1. The van der Waals surface area contributed by atoms with Crippen molar-refractivity contribution in [1.29, 1.82) is 0 Å². The molecule has 0 aliphatic carbocycles. The molecule has 0 aliphatic rings. The number of aryl methyl sites for hydroxylation is 2. The second kappa shape index (κ2) is 7.89. The second-order valence-electron chi connectivity index (χ2n) is 8.39. The van der Waals surface area contributed by atoms with Crippen LogP contribution in [0.2, 0.25) is 5.02 Å². The van der Waals surface area contributed by atoms with Crippen molar-refractivity contribution in [2.24, 2.45) is 7.05 Å². The fraction of sp³-hybridized carbons (Fsp3) is 0.261. The third-order valence-corrected chi connectivity index (χ3v) is 5.50. The number of pyridine rings is 2. The Morgan fingerprint density at radius 2 is 1.83 bits per heavy atom. The van der Waals surface area contributed by atoms with Crippen LogP contribution in [0.25, 0.3) is 33.7 Å². The van der Waals surface area contributed by atoms with Gasteiger partial charge in [0.15, 0.2) is 11.3 Å². The highest BCUT2D eigenvalue weighted by Crippen LogP contribution is 2.35. The normalized spacial score (nSPS) is 11.5. The van der Waals surface area contributed by atoms with Crippen molar-refractivity contribution < 1.29 is 0 Å². The van der Waals surface area contributed by atoms with Crippen LogP contribution in [0, 0.1) is 6.92 Å². The Labute approximate surface area is 186 Å². The third kappa shape index (κ3) is 3.75. The molecule has 0 atom stereocenters. The molecular weight excluding hydrogens is 419 g/mol. The maximum atomic E-state index is 13.1. The van der Waals surface area contributed by atoms with E-state index in [9.17, 15) is 4.79 Å². The number of hydrogen-bond donors (Lipinski definition) is 1. The van der Waals surface area contributed by atoms with Gasteiger partial charge in [0.2, 0.25) is 0 Å². The minimum atomic E-state index is -0.102. The molecule has 0 fully saturated rings. The van der Waals surface area contributed by atoms with E-state index in [2.05, 4.69) is 41.8 Å². The highest BCUT2D eigenvalue weighted by Gasteiger charge is 2.20. The van der Waals surface area contributed by atoms with E-state index in [1.54, 1.807) is 18.5 Å². The SMILES string of the molecule is Cc1cc(C(C)(C)C)c(Cl)cc1-c1cc(=O)c2c(-c3nccn3C)nccc2[nH]1.Cl. The fourth-order valence-corrected chi connectivity index (χ4v) is 4.10. The van der Waals surface area contributed by atoms with Gasteiger partial charge in [0.1, 0.15) is 5.69 Å². The zero-order valence-corrected chi connectivity index (χ0v) is 19.1. The topological polar surface area (TPSA) is 63.6 Å². The Kier molecular flexibility index (Phi) is 5.81. The standard InChI is InChI=1S/C23H23ClN4O.ClH/c1-13-10-15(23(2,3)4)16(24)11-14(13)18-12-19(29)20-17(27-18)6-7-25-21(20)22-26-8-9-28(22)5;/h6-12H,1-5H3,(H,27,29);1H. The van der Waals surface area contributed by atoms with Gasteiger partial charge in [0, 0.05) is 42.3 Å². The van der Waals surface area contributed by atoms with Crippen molar-refractivity contribution in [2.45, 2.75) is 33.1 Å². The van der Waals surface area contributed by atoms with E-state index in [1.165, 1.54) is 0 Å². The number of H-pyrrole nitrogens is 1. The fourth-order valence-electron chi connectivity index (χ4n) is 3.65. The zero-order valence-electron chi connectivity index (χ0n) is 17.6. The molecule has 0 saturated heterocycles. The molecule has 30 heavy (non-hydrogen) atoms. The van der Waals surface area contributed by atoms with Crippen LogP contribution in [-0.2, 0) is 12.5 Å². The van der Waals surface area contributed by atoms with Gasteiger partial charge in [-0.1, -0.05) is 38.4 Å². The summed E-state index contributed by atoms with van der Waals surface area (Å²) in [5.74, 6) is 0.655. The Bertz CT molecular complexity index is 1300. The summed E-state index contributed by atoms with van der Waals surface area (Å²) in [7, 11) is 1.88. The molecule has 0 radical (unpaired) electrons. The molecule has 0 saturated carbocycles. The molecule has 4 aromatic rings. The largest absolute Gasteiger partial charge is 0.354 e. The first-order valence-corrected chi connectivity index (χ1v) is 9.85. The summed E-state index contributed by atoms with van der Waals surface area (Å²) in [5, 5.41) is 1.23. The molecule has 3 aromatic heterocycles. The highest BCUT2D eigenvalue weighted by atomic mass is 35.5. The first kappa shape index (κ1) is 22.1. The number of aromatic amines is 1. The van der Waals surface area contributed by atoms with Crippen LogP contribution in [-0.4, -0.2) is 19.5 Å². The quantitative estimate of drug-likeness (QED) is 0.434. The van der Waals surface area contributed by atoms with Crippen LogP contribution >= 0.6 is 24.0 Å². The van der Waals surface area contributed by atoms with Gasteiger partial charge in [-0.2, -0.15) is 0 Å². The maximum Gasteiger partial charge on any atom is 0.192 e. The van der Waals surface area contributed by atoms with Crippen LogP contribution in [0.15, 0.2) is 47.7 Å². The molecule has 0 amide bonds.